The smallest absolute Gasteiger partial charge is 0.293 e. The lowest BCUT2D eigenvalue weighted by Gasteiger charge is -2.25. The van der Waals surface area contributed by atoms with Gasteiger partial charge in [0.25, 0.3) is 6.47 Å². The average molecular weight is 251 g/mol. The SMILES string of the molecule is CC(C)(C)OC=O.ClCCN1CCNCC1. The lowest BCUT2D eigenvalue weighted by molar-refractivity contribution is -0.138. The van der Waals surface area contributed by atoms with E-state index in [-0.39, 0.29) is 5.60 Å². The summed E-state index contributed by atoms with van der Waals surface area (Å²) in [5, 5.41) is 3.29. The van der Waals surface area contributed by atoms with Gasteiger partial charge in [-0.3, -0.25) is 9.69 Å². The Bertz CT molecular complexity index is 175. The van der Waals surface area contributed by atoms with Crippen molar-refractivity contribution in [1.82, 2.24) is 10.2 Å². The molecule has 0 amide bonds. The van der Waals surface area contributed by atoms with Crippen LogP contribution in [0, 0.1) is 0 Å². The first-order valence-electron chi connectivity index (χ1n) is 5.60. The Morgan fingerprint density at radius 3 is 2.25 bits per heavy atom. The van der Waals surface area contributed by atoms with Crippen molar-refractivity contribution >= 4 is 18.1 Å². The van der Waals surface area contributed by atoms with Gasteiger partial charge in [0.1, 0.15) is 5.60 Å². The standard InChI is InChI=1S/C6H13ClN2.C5H10O2/c7-1-4-9-5-2-8-3-6-9;1-5(2,3)7-4-6/h8H,1-6H2;4H,1-3H3. The summed E-state index contributed by atoms with van der Waals surface area (Å²) in [5.41, 5.74) is -0.318. The first-order valence-corrected chi connectivity index (χ1v) is 6.13. The molecular weight excluding hydrogens is 228 g/mol. The summed E-state index contributed by atoms with van der Waals surface area (Å²) >= 11 is 5.57. The molecule has 0 aromatic heterocycles. The molecular formula is C11H23ClN2O2. The topological polar surface area (TPSA) is 41.6 Å². The molecule has 0 aromatic rings. The van der Waals surface area contributed by atoms with E-state index < -0.39 is 0 Å². The van der Waals surface area contributed by atoms with Gasteiger partial charge < -0.3 is 10.1 Å². The second kappa shape index (κ2) is 8.79. The summed E-state index contributed by atoms with van der Waals surface area (Å²) < 4.78 is 4.55. The molecule has 1 aliphatic rings. The van der Waals surface area contributed by atoms with E-state index in [0.29, 0.717) is 6.47 Å². The quantitative estimate of drug-likeness (QED) is 0.602. The van der Waals surface area contributed by atoms with Gasteiger partial charge >= 0.3 is 0 Å². The Morgan fingerprint density at radius 2 is 1.94 bits per heavy atom. The predicted molar refractivity (Wildman–Crippen MR) is 66.9 cm³/mol. The molecule has 0 radical (unpaired) electrons. The van der Waals surface area contributed by atoms with Gasteiger partial charge in [-0.2, -0.15) is 0 Å². The third kappa shape index (κ3) is 10.2. The summed E-state index contributed by atoms with van der Waals surface area (Å²) in [4.78, 5) is 12.0. The van der Waals surface area contributed by atoms with Gasteiger partial charge in [0.15, 0.2) is 0 Å². The van der Waals surface area contributed by atoms with Crippen LogP contribution >= 0.6 is 11.6 Å². The summed E-state index contributed by atoms with van der Waals surface area (Å²) in [6.07, 6.45) is 0. The van der Waals surface area contributed by atoms with E-state index in [2.05, 4.69) is 15.0 Å². The summed E-state index contributed by atoms with van der Waals surface area (Å²) in [6, 6.07) is 0. The Labute approximate surface area is 103 Å². The zero-order valence-electron chi connectivity index (χ0n) is 10.5. The van der Waals surface area contributed by atoms with E-state index in [1.165, 1.54) is 0 Å². The number of alkyl halides is 1. The van der Waals surface area contributed by atoms with E-state index in [4.69, 9.17) is 11.6 Å². The van der Waals surface area contributed by atoms with Crippen molar-refractivity contribution in [3.8, 4) is 0 Å². The number of rotatable bonds is 3. The minimum Gasteiger partial charge on any atom is -0.462 e. The molecule has 0 unspecified atom stereocenters. The molecule has 1 fully saturated rings. The van der Waals surface area contributed by atoms with Crippen molar-refractivity contribution in [1.29, 1.82) is 0 Å². The van der Waals surface area contributed by atoms with Crippen molar-refractivity contribution < 1.29 is 9.53 Å². The molecule has 4 nitrogen and oxygen atoms in total. The number of nitrogens with zero attached hydrogens (tertiary/aromatic N) is 1. The van der Waals surface area contributed by atoms with Gasteiger partial charge in [0, 0.05) is 38.6 Å². The normalized spacial score (nSPS) is 17.2. The van der Waals surface area contributed by atoms with Crippen LogP contribution < -0.4 is 5.32 Å². The molecule has 0 atom stereocenters. The maximum Gasteiger partial charge on any atom is 0.293 e. The third-order valence-electron chi connectivity index (χ3n) is 2.01. The first-order chi connectivity index (χ1) is 7.49. The number of carbonyl (C=O) groups is 1. The van der Waals surface area contributed by atoms with Crippen molar-refractivity contribution in [3.05, 3.63) is 0 Å². The lowest BCUT2D eigenvalue weighted by Crippen LogP contribution is -2.44. The maximum atomic E-state index is 9.60. The number of nitrogens with one attached hydrogen (secondary N) is 1. The summed E-state index contributed by atoms with van der Waals surface area (Å²) in [7, 11) is 0. The van der Waals surface area contributed by atoms with Gasteiger partial charge in [-0.05, 0) is 20.8 Å². The second-order valence-corrected chi connectivity index (χ2v) is 4.99. The number of hydrogen-bond donors (Lipinski definition) is 1. The van der Waals surface area contributed by atoms with E-state index >= 15 is 0 Å². The molecule has 5 heteroatoms. The maximum absolute atomic E-state index is 9.60. The Kier molecular flexibility index (Phi) is 8.61. The van der Waals surface area contributed by atoms with E-state index in [1.54, 1.807) is 0 Å². The van der Waals surface area contributed by atoms with Gasteiger partial charge in [0.05, 0.1) is 0 Å². The first kappa shape index (κ1) is 15.7. The number of hydrogen-bond acceptors (Lipinski definition) is 4. The molecule has 1 rings (SSSR count). The van der Waals surface area contributed by atoms with Crippen LogP contribution in [-0.4, -0.2) is 55.6 Å². The number of piperazine rings is 1. The molecule has 0 spiro atoms. The van der Waals surface area contributed by atoms with Crippen LogP contribution in [0.5, 0.6) is 0 Å². The summed E-state index contributed by atoms with van der Waals surface area (Å²) in [6.45, 7) is 11.5. The highest BCUT2D eigenvalue weighted by molar-refractivity contribution is 6.18. The van der Waals surface area contributed by atoms with E-state index in [0.717, 1.165) is 38.6 Å². The number of ether oxygens (including phenoxy) is 1. The summed E-state index contributed by atoms with van der Waals surface area (Å²) in [5.74, 6) is 0.764. The molecule has 0 aromatic carbocycles. The molecule has 16 heavy (non-hydrogen) atoms. The fourth-order valence-electron chi connectivity index (χ4n) is 1.20. The van der Waals surface area contributed by atoms with Crippen molar-refractivity contribution in [3.63, 3.8) is 0 Å². The Hall–Kier alpha value is -0.320. The van der Waals surface area contributed by atoms with E-state index in [9.17, 15) is 4.79 Å². The third-order valence-corrected chi connectivity index (χ3v) is 2.18. The largest absolute Gasteiger partial charge is 0.462 e. The van der Waals surface area contributed by atoms with Crippen LogP contribution in [0.15, 0.2) is 0 Å². The second-order valence-electron chi connectivity index (χ2n) is 4.61. The minimum absolute atomic E-state index is 0.318. The van der Waals surface area contributed by atoms with Crippen LogP contribution in [-0.2, 0) is 9.53 Å². The average Bonchev–Trinajstić information content (AvgIpc) is 2.19. The van der Waals surface area contributed by atoms with Crippen LogP contribution in [0.25, 0.3) is 0 Å². The highest BCUT2D eigenvalue weighted by Gasteiger charge is 2.07. The fourth-order valence-corrected chi connectivity index (χ4v) is 1.44. The minimum atomic E-state index is -0.318. The van der Waals surface area contributed by atoms with Gasteiger partial charge in [-0.1, -0.05) is 0 Å². The molecule has 1 aliphatic heterocycles. The van der Waals surface area contributed by atoms with Crippen LogP contribution in [0.3, 0.4) is 0 Å². The molecule has 96 valence electrons. The molecule has 1 saturated heterocycles. The zero-order valence-corrected chi connectivity index (χ0v) is 11.2. The van der Waals surface area contributed by atoms with Gasteiger partial charge in [0.2, 0.25) is 0 Å². The molecule has 0 bridgehead atoms. The van der Waals surface area contributed by atoms with E-state index in [1.807, 2.05) is 20.8 Å². The Balaban J connectivity index is 0.000000293. The highest BCUT2D eigenvalue weighted by atomic mass is 35.5. The zero-order chi connectivity index (χ0) is 12.4. The molecule has 1 N–H and O–H groups in total. The van der Waals surface area contributed by atoms with Gasteiger partial charge in [-0.25, -0.2) is 0 Å². The van der Waals surface area contributed by atoms with Crippen molar-refractivity contribution in [2.45, 2.75) is 26.4 Å². The molecule has 1 heterocycles. The molecule has 0 aliphatic carbocycles. The fraction of sp³-hybridized carbons (Fsp3) is 0.909. The number of halogens is 1. The molecule has 0 saturated carbocycles. The predicted octanol–water partition coefficient (Wildman–Crippen LogP) is 1.09. The van der Waals surface area contributed by atoms with Crippen LogP contribution in [0.2, 0.25) is 0 Å². The van der Waals surface area contributed by atoms with Crippen LogP contribution in [0.1, 0.15) is 20.8 Å². The van der Waals surface area contributed by atoms with Crippen molar-refractivity contribution in [2.24, 2.45) is 0 Å². The van der Waals surface area contributed by atoms with Gasteiger partial charge in [-0.15, -0.1) is 11.6 Å². The lowest BCUT2D eigenvalue weighted by atomic mass is 10.2. The Morgan fingerprint density at radius 1 is 1.38 bits per heavy atom. The highest BCUT2D eigenvalue weighted by Crippen LogP contribution is 2.02. The number of carbonyl (C=O) groups excluding carboxylic acids is 1. The van der Waals surface area contributed by atoms with Crippen LogP contribution in [0.4, 0.5) is 0 Å². The monoisotopic (exact) mass is 250 g/mol. The van der Waals surface area contributed by atoms with Crippen molar-refractivity contribution in [2.75, 3.05) is 38.6 Å².